The number of carbonyl (C=O) groups excluding carboxylic acids is 1. The van der Waals surface area contributed by atoms with Crippen LogP contribution >= 0.6 is 43.5 Å². The molecule has 0 atom stereocenters. The van der Waals surface area contributed by atoms with Gasteiger partial charge >= 0.3 is 0 Å². The number of anilines is 1. The highest BCUT2D eigenvalue weighted by Crippen LogP contribution is 2.32. The van der Waals surface area contributed by atoms with E-state index in [9.17, 15) is 15.2 Å². The number of hydrogen-bond acceptors (Lipinski definition) is 3. The zero-order valence-electron chi connectivity index (χ0n) is 11.5. The average molecular weight is 457 g/mol. The molecule has 1 amide bonds. The lowest BCUT2D eigenvalue weighted by Crippen LogP contribution is -2.13. The Kier molecular flexibility index (Phi) is 5.83. The Morgan fingerprint density at radius 1 is 1.22 bits per heavy atom. The molecular weight excluding hydrogens is 447 g/mol. The van der Waals surface area contributed by atoms with Gasteiger partial charge < -0.3 is 10.4 Å². The second-order valence-electron chi connectivity index (χ2n) is 4.46. The summed E-state index contributed by atoms with van der Waals surface area (Å²) in [6.45, 7) is 0. The van der Waals surface area contributed by atoms with Gasteiger partial charge in [0.2, 0.25) is 0 Å². The van der Waals surface area contributed by atoms with Crippen molar-refractivity contribution in [1.29, 1.82) is 5.26 Å². The molecule has 2 rings (SSSR count). The molecule has 2 N–H and O–H groups in total. The summed E-state index contributed by atoms with van der Waals surface area (Å²) < 4.78 is 1.50. The molecular formula is C16H9Br2ClN2O2. The lowest BCUT2D eigenvalue weighted by molar-refractivity contribution is -0.112. The van der Waals surface area contributed by atoms with Crippen LogP contribution in [0.1, 0.15) is 5.56 Å². The lowest BCUT2D eigenvalue weighted by Gasteiger charge is -2.06. The Balaban J connectivity index is 2.30. The van der Waals surface area contributed by atoms with Crippen molar-refractivity contribution < 1.29 is 9.90 Å². The van der Waals surface area contributed by atoms with Crippen molar-refractivity contribution in [3.05, 3.63) is 61.5 Å². The molecule has 2 aromatic carbocycles. The molecule has 0 radical (unpaired) electrons. The van der Waals surface area contributed by atoms with E-state index in [-0.39, 0.29) is 21.9 Å². The van der Waals surface area contributed by atoms with Crippen molar-refractivity contribution in [3.8, 4) is 11.8 Å². The molecule has 2 aromatic rings. The van der Waals surface area contributed by atoms with E-state index < -0.39 is 5.91 Å². The van der Waals surface area contributed by atoms with Crippen molar-refractivity contribution in [1.82, 2.24) is 0 Å². The third-order valence-electron chi connectivity index (χ3n) is 2.82. The summed E-state index contributed by atoms with van der Waals surface area (Å²) in [5, 5.41) is 21.9. The molecule has 0 spiro atoms. The number of rotatable bonds is 3. The van der Waals surface area contributed by atoms with Crippen LogP contribution in [0.25, 0.3) is 6.08 Å². The third kappa shape index (κ3) is 4.58. The smallest absolute Gasteiger partial charge is 0.266 e. The van der Waals surface area contributed by atoms with Gasteiger partial charge in [0.1, 0.15) is 17.4 Å². The van der Waals surface area contributed by atoms with Gasteiger partial charge in [0, 0.05) is 20.2 Å². The molecule has 0 unspecified atom stereocenters. The Bertz CT molecular complexity index is 827. The highest BCUT2D eigenvalue weighted by Gasteiger charge is 2.12. The molecule has 0 saturated carbocycles. The van der Waals surface area contributed by atoms with E-state index in [1.54, 1.807) is 30.3 Å². The predicted octanol–water partition coefficient (Wildman–Crippen LogP) is 5.12. The Labute approximate surface area is 154 Å². The number of halogens is 3. The number of nitrogens with zero attached hydrogens (tertiary/aromatic N) is 1. The normalized spacial score (nSPS) is 11.0. The molecule has 0 aliphatic carbocycles. The van der Waals surface area contributed by atoms with Crippen molar-refractivity contribution >= 4 is 61.1 Å². The van der Waals surface area contributed by atoms with Crippen LogP contribution in [0.4, 0.5) is 5.69 Å². The van der Waals surface area contributed by atoms with Crippen molar-refractivity contribution in [2.24, 2.45) is 0 Å². The molecule has 7 heteroatoms. The fourth-order valence-corrected chi connectivity index (χ4v) is 2.83. The average Bonchev–Trinajstić information content (AvgIpc) is 2.51. The van der Waals surface area contributed by atoms with Gasteiger partial charge in [0.25, 0.3) is 5.91 Å². The van der Waals surface area contributed by atoms with Crippen LogP contribution in [0.5, 0.6) is 5.75 Å². The highest BCUT2D eigenvalue weighted by atomic mass is 79.9. The van der Waals surface area contributed by atoms with Gasteiger partial charge in [-0.2, -0.15) is 5.26 Å². The van der Waals surface area contributed by atoms with E-state index >= 15 is 0 Å². The molecule has 0 saturated heterocycles. The second-order valence-corrected chi connectivity index (χ2v) is 6.69. The van der Waals surface area contributed by atoms with Gasteiger partial charge in [-0.3, -0.25) is 4.79 Å². The minimum atomic E-state index is -0.578. The van der Waals surface area contributed by atoms with Crippen LogP contribution in [0.2, 0.25) is 5.02 Å². The van der Waals surface area contributed by atoms with Crippen LogP contribution in [0.3, 0.4) is 0 Å². The minimum absolute atomic E-state index is 0.122. The number of carbonyl (C=O) groups is 1. The molecule has 0 aromatic heterocycles. The monoisotopic (exact) mass is 454 g/mol. The summed E-state index contributed by atoms with van der Waals surface area (Å²) in [6, 6.07) is 11.8. The lowest BCUT2D eigenvalue weighted by atomic mass is 10.1. The Morgan fingerprint density at radius 3 is 2.48 bits per heavy atom. The number of nitrogens with one attached hydrogen (secondary N) is 1. The van der Waals surface area contributed by atoms with Crippen LogP contribution in [-0.4, -0.2) is 11.0 Å². The summed E-state index contributed by atoms with van der Waals surface area (Å²) in [6.07, 6.45) is 1.28. The van der Waals surface area contributed by atoms with E-state index in [1.165, 1.54) is 12.1 Å². The first-order valence-corrected chi connectivity index (χ1v) is 8.24. The van der Waals surface area contributed by atoms with Gasteiger partial charge in [-0.1, -0.05) is 43.5 Å². The summed E-state index contributed by atoms with van der Waals surface area (Å²) in [7, 11) is 0. The first kappa shape index (κ1) is 17.5. The number of nitriles is 1. The molecule has 116 valence electrons. The number of hydrogen-bond donors (Lipinski definition) is 2. The first-order chi connectivity index (χ1) is 10.9. The third-order valence-corrected chi connectivity index (χ3v) is 4.10. The highest BCUT2D eigenvalue weighted by molar-refractivity contribution is 9.10. The van der Waals surface area contributed by atoms with Gasteiger partial charge in [0.15, 0.2) is 0 Å². The summed E-state index contributed by atoms with van der Waals surface area (Å²) >= 11 is 12.4. The summed E-state index contributed by atoms with van der Waals surface area (Å²) in [5.41, 5.74) is 0.667. The van der Waals surface area contributed by atoms with Crippen LogP contribution in [-0.2, 0) is 4.79 Å². The number of benzene rings is 2. The van der Waals surface area contributed by atoms with Crippen molar-refractivity contribution in [2.45, 2.75) is 0 Å². The van der Waals surface area contributed by atoms with Crippen LogP contribution < -0.4 is 5.32 Å². The number of phenolic OH excluding ortho intramolecular Hbond substituents is 1. The molecule has 0 aliphatic heterocycles. The molecule has 23 heavy (non-hydrogen) atoms. The van der Waals surface area contributed by atoms with Crippen LogP contribution in [0, 0.1) is 11.3 Å². The maximum Gasteiger partial charge on any atom is 0.266 e. The maximum absolute atomic E-state index is 12.2. The van der Waals surface area contributed by atoms with Gasteiger partial charge in [-0.15, -0.1) is 0 Å². The van der Waals surface area contributed by atoms with Gasteiger partial charge in [-0.25, -0.2) is 0 Å². The standard InChI is InChI=1S/C16H9Br2ClN2O2/c17-11-1-3-13(4-2-11)21-16(23)10(8-20)5-9-6-12(18)7-14(19)15(9)22/h1-7,22H,(H,21,23)/b10-5+. The van der Waals surface area contributed by atoms with E-state index in [0.29, 0.717) is 10.2 Å². The zero-order chi connectivity index (χ0) is 17.0. The Morgan fingerprint density at radius 2 is 1.87 bits per heavy atom. The minimum Gasteiger partial charge on any atom is -0.506 e. The topological polar surface area (TPSA) is 73.1 Å². The first-order valence-electron chi connectivity index (χ1n) is 6.27. The van der Waals surface area contributed by atoms with E-state index in [2.05, 4.69) is 37.2 Å². The zero-order valence-corrected chi connectivity index (χ0v) is 15.4. The van der Waals surface area contributed by atoms with E-state index in [1.807, 2.05) is 6.07 Å². The second kappa shape index (κ2) is 7.64. The number of aromatic hydroxyl groups is 1. The molecule has 0 fully saturated rings. The molecule has 0 heterocycles. The van der Waals surface area contributed by atoms with E-state index in [0.717, 1.165) is 4.47 Å². The van der Waals surface area contributed by atoms with Crippen molar-refractivity contribution in [2.75, 3.05) is 5.32 Å². The maximum atomic E-state index is 12.2. The summed E-state index contributed by atoms with van der Waals surface area (Å²) in [5.74, 6) is -0.774. The predicted molar refractivity (Wildman–Crippen MR) is 97.2 cm³/mol. The van der Waals surface area contributed by atoms with Gasteiger partial charge in [-0.05, 0) is 42.5 Å². The quantitative estimate of drug-likeness (QED) is 0.498. The molecule has 4 nitrogen and oxygen atoms in total. The SMILES string of the molecule is N#C/C(=C\c1cc(Br)cc(Cl)c1O)C(=O)Nc1ccc(Br)cc1. The van der Waals surface area contributed by atoms with Crippen LogP contribution in [0.15, 0.2) is 50.9 Å². The Hall–Kier alpha value is -1.81. The fourth-order valence-electron chi connectivity index (χ4n) is 1.73. The molecule has 0 bridgehead atoms. The summed E-state index contributed by atoms with van der Waals surface area (Å²) in [4.78, 5) is 12.2. The van der Waals surface area contributed by atoms with Crippen molar-refractivity contribution in [3.63, 3.8) is 0 Å². The largest absolute Gasteiger partial charge is 0.506 e. The van der Waals surface area contributed by atoms with Gasteiger partial charge in [0.05, 0.1) is 5.02 Å². The number of phenols is 1. The van der Waals surface area contributed by atoms with E-state index in [4.69, 9.17) is 11.6 Å². The number of amides is 1. The molecule has 0 aliphatic rings. The fraction of sp³-hybridized carbons (Fsp3) is 0.